The first kappa shape index (κ1) is 857. The molecule has 0 aromatic carbocycles. The summed E-state index contributed by atoms with van der Waals surface area (Å²) in [6.07, 6.45) is 0. The first-order valence-electron chi connectivity index (χ1n) is 0. The van der Waals surface area contributed by atoms with E-state index in [0.29, 0.717) is 0 Å². The molecule has 0 unspecified atom stereocenters. The van der Waals surface area contributed by atoms with Gasteiger partial charge in [-0.1, -0.05) is 0 Å². The third kappa shape index (κ3) is 466. The maximum absolute atomic E-state index is 0. The van der Waals surface area contributed by atoms with Crippen molar-refractivity contribution < 1.29 is 77.3 Å². The molecule has 0 saturated carbocycles. The van der Waals surface area contributed by atoms with Crippen LogP contribution < -0.4 is 0 Å². The van der Waals surface area contributed by atoms with Crippen LogP contribution in [-0.4, -0.2) is 0 Å². The summed E-state index contributed by atoms with van der Waals surface area (Å²) in [5, 5.41) is 0. The molecule has 0 fully saturated rings. The Morgan fingerprint density at radius 3 is 0.222 bits per heavy atom. The monoisotopic (exact) mass is 316 g/mol. The Morgan fingerprint density at radius 2 is 0.222 bits per heavy atom. The van der Waals surface area contributed by atoms with Crippen LogP contribution in [0.15, 0.2) is 0 Å². The van der Waals surface area contributed by atoms with Crippen LogP contribution in [-0.2, 0) is 77.3 Å². The van der Waals surface area contributed by atoms with E-state index in [0.717, 1.165) is 0 Å². The molecular formula is O7Ru2-14. The molecule has 0 aromatic heterocycles. The molecule has 0 atom stereocenters. The van der Waals surface area contributed by atoms with Gasteiger partial charge < -0.3 is 38.3 Å². The van der Waals surface area contributed by atoms with Crippen molar-refractivity contribution in [3.05, 3.63) is 0 Å². The Kier molecular flexibility index (Phi) is 58000. The van der Waals surface area contributed by atoms with Crippen molar-refractivity contribution in [3.63, 3.8) is 0 Å². The van der Waals surface area contributed by atoms with Crippen molar-refractivity contribution in [3.8, 4) is 0 Å². The van der Waals surface area contributed by atoms with Crippen molar-refractivity contribution in [1.82, 2.24) is 0 Å². The molecule has 0 rings (SSSR count). The fraction of sp³-hybridized carbons (Fsp3) is 0. The molecule has 0 radical (unpaired) electrons. The predicted molar refractivity (Wildman–Crippen MR) is 4.81 cm³/mol. The van der Waals surface area contributed by atoms with E-state index in [1.807, 2.05) is 0 Å². The quantitative estimate of drug-likeness (QED) is 0.502. The van der Waals surface area contributed by atoms with Crippen molar-refractivity contribution in [2.75, 3.05) is 0 Å². The van der Waals surface area contributed by atoms with E-state index in [-0.39, 0.29) is 77.3 Å². The van der Waals surface area contributed by atoms with Gasteiger partial charge in [-0.15, -0.1) is 0 Å². The first-order chi connectivity index (χ1) is 0. The molecule has 72 valence electrons. The standard InChI is InChI=1S/7O.2Ru/q7*-2;;. The second kappa shape index (κ2) is 609. The average Bonchev–Trinajstić information content (AvgIpc) is 0. The van der Waals surface area contributed by atoms with Crippen LogP contribution in [0.2, 0.25) is 0 Å². The topological polar surface area (TPSA) is 200 Å². The molecule has 0 bridgehead atoms. The summed E-state index contributed by atoms with van der Waals surface area (Å²) >= 11 is 0. The smallest absolute Gasteiger partial charge is 0 e. The molecule has 9 heavy (non-hydrogen) atoms. The zero-order valence-corrected chi connectivity index (χ0v) is 7.04. The van der Waals surface area contributed by atoms with Crippen LogP contribution in [0.4, 0.5) is 0 Å². The molecule has 0 amide bonds. The molecule has 0 N–H and O–H groups in total. The maximum atomic E-state index is 0. The van der Waals surface area contributed by atoms with Gasteiger partial charge in [0.1, 0.15) is 0 Å². The van der Waals surface area contributed by atoms with Gasteiger partial charge in [-0.05, 0) is 0 Å². The molecule has 7 nitrogen and oxygen atoms in total. The molecule has 0 heterocycles. The third-order valence-electron chi connectivity index (χ3n) is 0. The predicted octanol–water partition coefficient (Wildman–Crippen LogP) is -0.837. The largest absolute Gasteiger partial charge is 2.00 e. The second-order valence-corrected chi connectivity index (χ2v) is 0. The van der Waals surface area contributed by atoms with Crippen LogP contribution >= 0.6 is 0 Å². The summed E-state index contributed by atoms with van der Waals surface area (Å²) in [4.78, 5) is 0. The summed E-state index contributed by atoms with van der Waals surface area (Å²) < 4.78 is 0. The molecule has 0 aliphatic heterocycles. The van der Waals surface area contributed by atoms with Crippen LogP contribution in [0.3, 0.4) is 0 Å². The van der Waals surface area contributed by atoms with E-state index in [4.69, 9.17) is 0 Å². The molecule has 0 spiro atoms. The van der Waals surface area contributed by atoms with E-state index >= 15 is 0 Å². The third-order valence-corrected chi connectivity index (χ3v) is 0. The van der Waals surface area contributed by atoms with Crippen molar-refractivity contribution >= 4 is 0 Å². The Labute approximate surface area is 77.5 Å². The van der Waals surface area contributed by atoms with Crippen LogP contribution in [0, 0.1) is 0 Å². The van der Waals surface area contributed by atoms with Gasteiger partial charge in [-0.25, -0.2) is 0 Å². The zero-order chi connectivity index (χ0) is 0. The Morgan fingerprint density at radius 1 is 0.222 bits per heavy atom. The van der Waals surface area contributed by atoms with Gasteiger partial charge in [0.2, 0.25) is 0 Å². The zero-order valence-electron chi connectivity index (χ0n) is 3.56. The number of rotatable bonds is 0. The van der Waals surface area contributed by atoms with E-state index in [2.05, 4.69) is 0 Å². The van der Waals surface area contributed by atoms with E-state index in [1.54, 1.807) is 0 Å². The van der Waals surface area contributed by atoms with Gasteiger partial charge in [0.15, 0.2) is 0 Å². The molecule has 0 saturated heterocycles. The molecule has 0 aliphatic rings. The summed E-state index contributed by atoms with van der Waals surface area (Å²) in [6.45, 7) is 0. The molecule has 9 heteroatoms. The van der Waals surface area contributed by atoms with Gasteiger partial charge in [-0.2, -0.15) is 0 Å². The van der Waals surface area contributed by atoms with Crippen molar-refractivity contribution in [2.45, 2.75) is 0 Å². The van der Waals surface area contributed by atoms with Gasteiger partial charge in [0.25, 0.3) is 0 Å². The minimum atomic E-state index is 0. The van der Waals surface area contributed by atoms with Gasteiger partial charge in [-0.3, -0.25) is 0 Å². The first-order valence-corrected chi connectivity index (χ1v) is 0. The molecule has 0 aliphatic carbocycles. The molecule has 0 aromatic rings. The van der Waals surface area contributed by atoms with Crippen LogP contribution in [0.1, 0.15) is 0 Å². The van der Waals surface area contributed by atoms with Gasteiger partial charge >= 0.3 is 0 Å². The fourth-order valence-corrected chi connectivity index (χ4v) is 0. The van der Waals surface area contributed by atoms with Crippen LogP contribution in [0.25, 0.3) is 0 Å². The maximum Gasteiger partial charge on any atom is 0 e. The average molecular weight is 314 g/mol. The van der Waals surface area contributed by atoms with Crippen molar-refractivity contribution in [1.29, 1.82) is 0 Å². The minimum absolute atomic E-state index is 0. The van der Waals surface area contributed by atoms with Gasteiger partial charge in [0, 0.05) is 39.0 Å². The summed E-state index contributed by atoms with van der Waals surface area (Å²) in [7, 11) is 0. The van der Waals surface area contributed by atoms with E-state index in [1.165, 1.54) is 0 Å². The minimum Gasteiger partial charge on any atom is -2.00 e. The van der Waals surface area contributed by atoms with Gasteiger partial charge in [0.05, 0.1) is 0 Å². The Hall–Kier alpha value is 0.967. The molecular weight excluding hydrogens is 314 g/mol. The van der Waals surface area contributed by atoms with Crippen molar-refractivity contribution in [2.24, 2.45) is 0 Å². The summed E-state index contributed by atoms with van der Waals surface area (Å²) in [6, 6.07) is 0. The second-order valence-electron chi connectivity index (χ2n) is 0. The summed E-state index contributed by atoms with van der Waals surface area (Å²) in [5.41, 5.74) is 0. The fourth-order valence-electron chi connectivity index (χ4n) is 0. The van der Waals surface area contributed by atoms with Crippen LogP contribution in [0.5, 0.6) is 0 Å². The number of hydrogen-bond acceptors (Lipinski definition) is 0. The number of hydrogen-bond donors (Lipinski definition) is 0. The van der Waals surface area contributed by atoms with E-state index in [9.17, 15) is 0 Å². The normalized spacial score (nSPS) is 0. The summed E-state index contributed by atoms with van der Waals surface area (Å²) in [5.74, 6) is 0. The Bertz CT molecular complexity index is 6.88. The van der Waals surface area contributed by atoms with E-state index < -0.39 is 0 Å². The SMILES string of the molecule is [O-2].[O-2].[O-2].[O-2].[O-2].[O-2].[O-2].[Ru].[Ru]. The Balaban J connectivity index is 0.